The highest BCUT2D eigenvalue weighted by Gasteiger charge is 2.06. The number of rotatable bonds is 5. The molecule has 0 bridgehead atoms. The van der Waals surface area contributed by atoms with Crippen LogP contribution in [0.5, 0.6) is 0 Å². The molecule has 1 rings (SSSR count). The van der Waals surface area contributed by atoms with E-state index in [0.29, 0.717) is 17.7 Å². The van der Waals surface area contributed by atoms with Crippen LogP contribution in [0.2, 0.25) is 0 Å². The lowest BCUT2D eigenvalue weighted by Crippen LogP contribution is -2.12. The second-order valence-corrected chi connectivity index (χ2v) is 3.46. The van der Waals surface area contributed by atoms with Gasteiger partial charge in [-0.3, -0.25) is 9.78 Å². The zero-order valence-electron chi connectivity index (χ0n) is 9.66. The molecule has 0 aromatic carbocycles. The first kappa shape index (κ1) is 12.2. The first-order valence-electron chi connectivity index (χ1n) is 5.12. The summed E-state index contributed by atoms with van der Waals surface area (Å²) in [4.78, 5) is 15.3. The van der Waals surface area contributed by atoms with E-state index in [1.807, 2.05) is 18.2 Å². The van der Waals surface area contributed by atoms with Crippen LogP contribution in [-0.4, -0.2) is 17.8 Å². The van der Waals surface area contributed by atoms with Crippen molar-refractivity contribution < 1.29 is 4.79 Å². The van der Waals surface area contributed by atoms with Gasteiger partial charge in [0, 0.05) is 30.7 Å². The SMILES string of the molecule is C=C(NC)/C(=C\Cc1ccncc1)C(C)=O. The van der Waals surface area contributed by atoms with Crippen LogP contribution in [0.4, 0.5) is 0 Å². The Labute approximate surface area is 95.9 Å². The number of nitrogens with one attached hydrogen (secondary N) is 1. The number of hydrogen-bond acceptors (Lipinski definition) is 3. The van der Waals surface area contributed by atoms with Gasteiger partial charge < -0.3 is 5.32 Å². The first-order chi connectivity index (χ1) is 7.65. The maximum absolute atomic E-state index is 11.4. The van der Waals surface area contributed by atoms with Crippen LogP contribution in [0.1, 0.15) is 12.5 Å². The minimum Gasteiger partial charge on any atom is -0.388 e. The molecule has 0 radical (unpaired) electrons. The lowest BCUT2D eigenvalue weighted by atomic mass is 10.1. The quantitative estimate of drug-likeness (QED) is 0.603. The standard InChI is InChI=1S/C13H16N2O/c1-10(14-3)13(11(2)16)5-4-12-6-8-15-9-7-12/h5-9,14H,1,4H2,2-3H3/b13-5+. The molecule has 1 heterocycles. The van der Waals surface area contributed by atoms with Gasteiger partial charge in [-0.25, -0.2) is 0 Å². The molecule has 0 saturated carbocycles. The third-order valence-corrected chi connectivity index (χ3v) is 2.30. The Morgan fingerprint density at radius 2 is 2.12 bits per heavy atom. The number of Topliss-reactive ketones (excluding diaryl/α,β-unsaturated/α-hetero) is 1. The van der Waals surface area contributed by atoms with Crippen LogP contribution in [0, 0.1) is 0 Å². The summed E-state index contributed by atoms with van der Waals surface area (Å²) in [5, 5.41) is 2.89. The predicted molar refractivity (Wildman–Crippen MR) is 64.9 cm³/mol. The molecule has 16 heavy (non-hydrogen) atoms. The van der Waals surface area contributed by atoms with E-state index in [1.54, 1.807) is 26.4 Å². The Bertz CT molecular complexity index is 407. The zero-order chi connectivity index (χ0) is 12.0. The highest BCUT2D eigenvalue weighted by Crippen LogP contribution is 2.08. The van der Waals surface area contributed by atoms with Crippen molar-refractivity contribution in [3.05, 3.63) is 54.0 Å². The lowest BCUT2D eigenvalue weighted by Gasteiger charge is -2.06. The van der Waals surface area contributed by atoms with Crippen LogP contribution >= 0.6 is 0 Å². The predicted octanol–water partition coefficient (Wildman–Crippen LogP) is 1.87. The molecule has 3 nitrogen and oxygen atoms in total. The molecule has 1 aromatic heterocycles. The first-order valence-corrected chi connectivity index (χ1v) is 5.12. The fourth-order valence-electron chi connectivity index (χ4n) is 1.35. The molecule has 3 heteroatoms. The molecule has 1 N–H and O–H groups in total. The van der Waals surface area contributed by atoms with Gasteiger partial charge >= 0.3 is 0 Å². The monoisotopic (exact) mass is 216 g/mol. The van der Waals surface area contributed by atoms with Gasteiger partial charge in [0.2, 0.25) is 0 Å². The van der Waals surface area contributed by atoms with Gasteiger partial charge in [0.05, 0.1) is 0 Å². The Kier molecular flexibility index (Phi) is 4.45. The molecule has 1 aromatic rings. The van der Waals surface area contributed by atoms with E-state index in [1.165, 1.54) is 0 Å². The number of likely N-dealkylation sites (N-methyl/N-ethyl adjacent to an activating group) is 1. The van der Waals surface area contributed by atoms with Gasteiger partial charge in [0.25, 0.3) is 0 Å². The highest BCUT2D eigenvalue weighted by molar-refractivity contribution is 5.97. The number of hydrogen-bond donors (Lipinski definition) is 1. The normalized spacial score (nSPS) is 11.0. The van der Waals surface area contributed by atoms with Crippen molar-refractivity contribution in [1.82, 2.24) is 10.3 Å². The Morgan fingerprint density at radius 3 is 2.62 bits per heavy atom. The number of nitrogens with zero attached hydrogens (tertiary/aromatic N) is 1. The lowest BCUT2D eigenvalue weighted by molar-refractivity contribution is -0.113. The summed E-state index contributed by atoms with van der Waals surface area (Å²) < 4.78 is 0. The zero-order valence-corrected chi connectivity index (χ0v) is 9.66. The van der Waals surface area contributed by atoms with Crippen molar-refractivity contribution in [3.8, 4) is 0 Å². The fraction of sp³-hybridized carbons (Fsp3) is 0.231. The Balaban J connectivity index is 2.81. The van der Waals surface area contributed by atoms with Gasteiger partial charge in [-0.15, -0.1) is 0 Å². The number of pyridine rings is 1. The van der Waals surface area contributed by atoms with Crippen molar-refractivity contribution >= 4 is 5.78 Å². The second-order valence-electron chi connectivity index (χ2n) is 3.46. The summed E-state index contributed by atoms with van der Waals surface area (Å²) in [5.74, 6) is 0.0217. The van der Waals surface area contributed by atoms with Crippen LogP contribution in [0.15, 0.2) is 48.5 Å². The molecule has 0 aliphatic carbocycles. The summed E-state index contributed by atoms with van der Waals surface area (Å²) in [6, 6.07) is 3.85. The average Bonchev–Trinajstić information content (AvgIpc) is 2.30. The van der Waals surface area contributed by atoms with E-state index in [9.17, 15) is 4.79 Å². The van der Waals surface area contributed by atoms with Crippen LogP contribution in [0.25, 0.3) is 0 Å². The molecule has 0 atom stereocenters. The smallest absolute Gasteiger partial charge is 0.161 e. The molecular formula is C13H16N2O. The number of ketones is 1. The van der Waals surface area contributed by atoms with E-state index in [-0.39, 0.29) is 5.78 Å². The summed E-state index contributed by atoms with van der Waals surface area (Å²) in [6.07, 6.45) is 6.07. The summed E-state index contributed by atoms with van der Waals surface area (Å²) in [7, 11) is 1.76. The number of allylic oxidation sites excluding steroid dienone is 2. The molecule has 0 unspecified atom stereocenters. The highest BCUT2D eigenvalue weighted by atomic mass is 16.1. The molecule has 84 valence electrons. The van der Waals surface area contributed by atoms with Crippen molar-refractivity contribution in [2.45, 2.75) is 13.3 Å². The maximum Gasteiger partial charge on any atom is 0.161 e. The minimum atomic E-state index is 0.0217. The van der Waals surface area contributed by atoms with Crippen molar-refractivity contribution in [3.63, 3.8) is 0 Å². The summed E-state index contributed by atoms with van der Waals surface area (Å²) >= 11 is 0. The molecule has 0 fully saturated rings. The summed E-state index contributed by atoms with van der Waals surface area (Å²) in [5.41, 5.74) is 2.42. The maximum atomic E-state index is 11.4. The number of aromatic nitrogens is 1. The second kappa shape index (κ2) is 5.85. The van der Waals surface area contributed by atoms with E-state index < -0.39 is 0 Å². The van der Waals surface area contributed by atoms with Gasteiger partial charge in [-0.05, 0) is 31.0 Å². The van der Waals surface area contributed by atoms with Crippen LogP contribution < -0.4 is 5.32 Å². The Morgan fingerprint density at radius 1 is 1.50 bits per heavy atom. The largest absolute Gasteiger partial charge is 0.388 e. The van der Waals surface area contributed by atoms with Crippen molar-refractivity contribution in [1.29, 1.82) is 0 Å². The summed E-state index contributed by atoms with van der Waals surface area (Å²) in [6.45, 7) is 5.34. The molecular weight excluding hydrogens is 200 g/mol. The van der Waals surface area contributed by atoms with Crippen molar-refractivity contribution in [2.24, 2.45) is 0 Å². The Hall–Kier alpha value is -1.90. The third-order valence-electron chi connectivity index (χ3n) is 2.30. The van der Waals surface area contributed by atoms with E-state index in [2.05, 4.69) is 16.9 Å². The number of carbonyl (C=O) groups is 1. The van der Waals surface area contributed by atoms with E-state index >= 15 is 0 Å². The fourth-order valence-corrected chi connectivity index (χ4v) is 1.35. The molecule has 0 spiro atoms. The van der Waals surface area contributed by atoms with E-state index in [4.69, 9.17) is 0 Å². The topological polar surface area (TPSA) is 42.0 Å². The molecule has 0 saturated heterocycles. The molecule has 0 aliphatic heterocycles. The average molecular weight is 216 g/mol. The van der Waals surface area contributed by atoms with Gasteiger partial charge in [-0.1, -0.05) is 12.7 Å². The third kappa shape index (κ3) is 3.35. The van der Waals surface area contributed by atoms with E-state index in [0.717, 1.165) is 5.56 Å². The van der Waals surface area contributed by atoms with Crippen LogP contribution in [0.3, 0.4) is 0 Å². The van der Waals surface area contributed by atoms with Gasteiger partial charge in [-0.2, -0.15) is 0 Å². The molecule has 0 aliphatic rings. The van der Waals surface area contributed by atoms with Crippen LogP contribution in [-0.2, 0) is 11.2 Å². The van der Waals surface area contributed by atoms with Gasteiger partial charge in [0.15, 0.2) is 5.78 Å². The number of carbonyl (C=O) groups excluding carboxylic acids is 1. The van der Waals surface area contributed by atoms with Crippen molar-refractivity contribution in [2.75, 3.05) is 7.05 Å². The van der Waals surface area contributed by atoms with Gasteiger partial charge in [0.1, 0.15) is 0 Å². The molecule has 0 amide bonds. The minimum absolute atomic E-state index is 0.0217.